The van der Waals surface area contributed by atoms with E-state index in [4.69, 9.17) is 0 Å². The Hall–Kier alpha value is -0.970. The molecular formula is C11H12BrF2NO. The Kier molecular flexibility index (Phi) is 5.38. The molecule has 0 aromatic heterocycles. The number of hydrogen-bond acceptors (Lipinski definition) is 1. The fourth-order valence-corrected chi connectivity index (χ4v) is 1.58. The Morgan fingerprint density at radius 3 is 2.69 bits per heavy atom. The lowest BCUT2D eigenvalue weighted by Crippen LogP contribution is -2.12. The number of nitrogens with one attached hydrogen (secondary N) is 1. The van der Waals surface area contributed by atoms with E-state index >= 15 is 0 Å². The molecule has 0 aliphatic heterocycles. The molecule has 1 amide bonds. The first-order chi connectivity index (χ1) is 7.63. The number of rotatable bonds is 5. The normalized spacial score (nSPS) is 10.2. The molecule has 0 fully saturated rings. The monoisotopic (exact) mass is 291 g/mol. The molecule has 5 heteroatoms. The van der Waals surface area contributed by atoms with Crippen molar-refractivity contribution >= 4 is 27.5 Å². The summed E-state index contributed by atoms with van der Waals surface area (Å²) >= 11 is 3.25. The van der Waals surface area contributed by atoms with Crippen molar-refractivity contribution in [1.29, 1.82) is 0 Å². The van der Waals surface area contributed by atoms with Crippen LogP contribution < -0.4 is 5.32 Å². The lowest BCUT2D eigenvalue weighted by atomic mass is 10.2. The predicted molar refractivity (Wildman–Crippen MR) is 62.6 cm³/mol. The van der Waals surface area contributed by atoms with Crippen LogP contribution >= 0.6 is 15.9 Å². The van der Waals surface area contributed by atoms with E-state index in [-0.39, 0.29) is 11.6 Å². The van der Waals surface area contributed by atoms with Gasteiger partial charge in [-0.1, -0.05) is 15.9 Å². The first kappa shape index (κ1) is 13.1. The van der Waals surface area contributed by atoms with Gasteiger partial charge in [0.1, 0.15) is 11.6 Å². The highest BCUT2D eigenvalue weighted by Crippen LogP contribution is 2.15. The van der Waals surface area contributed by atoms with Gasteiger partial charge in [0.2, 0.25) is 5.91 Å². The van der Waals surface area contributed by atoms with E-state index in [0.29, 0.717) is 6.42 Å². The van der Waals surface area contributed by atoms with Crippen molar-refractivity contribution in [3.63, 3.8) is 0 Å². The van der Waals surface area contributed by atoms with Crippen LogP contribution in [0, 0.1) is 11.6 Å². The van der Waals surface area contributed by atoms with Crippen LogP contribution in [0.25, 0.3) is 0 Å². The minimum atomic E-state index is -0.756. The van der Waals surface area contributed by atoms with E-state index in [1.54, 1.807) is 0 Å². The number of unbranched alkanes of at least 4 members (excludes halogenated alkanes) is 1. The minimum Gasteiger partial charge on any atom is -0.324 e. The number of hydrogen-bond donors (Lipinski definition) is 1. The van der Waals surface area contributed by atoms with Gasteiger partial charge in [0, 0.05) is 17.8 Å². The zero-order valence-corrected chi connectivity index (χ0v) is 10.2. The van der Waals surface area contributed by atoms with E-state index in [1.165, 1.54) is 6.07 Å². The number of carbonyl (C=O) groups is 1. The number of amides is 1. The Bertz CT molecular complexity index is 371. The Morgan fingerprint density at radius 1 is 1.31 bits per heavy atom. The molecule has 0 heterocycles. The van der Waals surface area contributed by atoms with E-state index in [2.05, 4.69) is 21.2 Å². The molecule has 0 aliphatic carbocycles. The first-order valence-electron chi connectivity index (χ1n) is 4.94. The molecule has 88 valence electrons. The summed E-state index contributed by atoms with van der Waals surface area (Å²) in [6.45, 7) is 0. The maximum absolute atomic E-state index is 13.1. The van der Waals surface area contributed by atoms with Gasteiger partial charge in [-0.25, -0.2) is 8.78 Å². The number of alkyl halides is 1. The Morgan fingerprint density at radius 2 is 2.06 bits per heavy atom. The maximum Gasteiger partial charge on any atom is 0.224 e. The Labute approximate surface area is 101 Å². The van der Waals surface area contributed by atoms with E-state index < -0.39 is 11.6 Å². The second-order valence-corrected chi connectivity index (χ2v) is 4.11. The molecule has 16 heavy (non-hydrogen) atoms. The lowest BCUT2D eigenvalue weighted by Gasteiger charge is -2.05. The fraction of sp³-hybridized carbons (Fsp3) is 0.364. The summed E-state index contributed by atoms with van der Waals surface area (Å²) in [5.41, 5.74) is 0.0187. The molecule has 1 rings (SSSR count). The van der Waals surface area contributed by atoms with E-state index in [1.807, 2.05) is 0 Å². The van der Waals surface area contributed by atoms with Crippen molar-refractivity contribution in [1.82, 2.24) is 0 Å². The summed E-state index contributed by atoms with van der Waals surface area (Å²) in [5, 5.41) is 3.24. The highest BCUT2D eigenvalue weighted by Gasteiger charge is 2.07. The van der Waals surface area contributed by atoms with Gasteiger partial charge in [0.25, 0.3) is 0 Å². The Balaban J connectivity index is 2.49. The lowest BCUT2D eigenvalue weighted by molar-refractivity contribution is -0.116. The summed E-state index contributed by atoms with van der Waals surface area (Å²) < 4.78 is 25.7. The smallest absolute Gasteiger partial charge is 0.224 e. The van der Waals surface area contributed by atoms with Gasteiger partial charge in [0.05, 0.1) is 5.69 Å². The van der Waals surface area contributed by atoms with Gasteiger partial charge >= 0.3 is 0 Å². The van der Waals surface area contributed by atoms with Crippen molar-refractivity contribution < 1.29 is 13.6 Å². The maximum atomic E-state index is 13.1. The van der Waals surface area contributed by atoms with Crippen LogP contribution in [0.3, 0.4) is 0 Å². The molecule has 0 unspecified atom stereocenters. The standard InChI is InChI=1S/C11H12BrF2NO/c12-6-2-1-3-11(16)15-10-5-4-8(13)7-9(10)14/h4-5,7H,1-3,6H2,(H,15,16). The number of anilines is 1. The molecule has 1 aromatic carbocycles. The second kappa shape index (κ2) is 6.58. The molecule has 1 aromatic rings. The molecule has 0 radical (unpaired) electrons. The quantitative estimate of drug-likeness (QED) is 0.653. The van der Waals surface area contributed by atoms with Crippen LogP contribution in [-0.2, 0) is 4.79 Å². The van der Waals surface area contributed by atoms with Crippen LogP contribution in [0.5, 0.6) is 0 Å². The number of carbonyl (C=O) groups excluding carboxylic acids is 1. The average molecular weight is 292 g/mol. The highest BCUT2D eigenvalue weighted by molar-refractivity contribution is 9.09. The van der Waals surface area contributed by atoms with Crippen LogP contribution in [0.1, 0.15) is 19.3 Å². The summed E-state index contributed by atoms with van der Waals surface area (Å²) in [7, 11) is 0. The molecule has 1 N–H and O–H groups in total. The SMILES string of the molecule is O=C(CCCCBr)Nc1ccc(F)cc1F. The first-order valence-corrected chi connectivity index (χ1v) is 6.06. The van der Waals surface area contributed by atoms with Gasteiger partial charge in [-0.2, -0.15) is 0 Å². The molecule has 2 nitrogen and oxygen atoms in total. The van der Waals surface area contributed by atoms with Crippen molar-refractivity contribution in [3.8, 4) is 0 Å². The molecule has 0 bridgehead atoms. The molecule has 0 aliphatic rings. The van der Waals surface area contributed by atoms with Crippen LogP contribution in [0.4, 0.5) is 14.5 Å². The molecule has 0 saturated heterocycles. The molecule has 0 atom stereocenters. The fourth-order valence-electron chi connectivity index (χ4n) is 1.18. The second-order valence-electron chi connectivity index (χ2n) is 3.32. The van der Waals surface area contributed by atoms with Crippen molar-refractivity contribution in [2.24, 2.45) is 0 Å². The van der Waals surface area contributed by atoms with Crippen LogP contribution in [0.2, 0.25) is 0 Å². The van der Waals surface area contributed by atoms with E-state index in [0.717, 1.165) is 30.3 Å². The van der Waals surface area contributed by atoms with Gasteiger partial charge in [-0.3, -0.25) is 4.79 Å². The van der Waals surface area contributed by atoms with Gasteiger partial charge < -0.3 is 5.32 Å². The zero-order chi connectivity index (χ0) is 12.0. The van der Waals surface area contributed by atoms with Crippen molar-refractivity contribution in [2.45, 2.75) is 19.3 Å². The summed E-state index contributed by atoms with van der Waals surface area (Å²) in [5.74, 6) is -1.67. The topological polar surface area (TPSA) is 29.1 Å². The van der Waals surface area contributed by atoms with Crippen LogP contribution in [-0.4, -0.2) is 11.2 Å². The average Bonchev–Trinajstić information content (AvgIpc) is 2.23. The predicted octanol–water partition coefficient (Wildman–Crippen LogP) is 3.47. The minimum absolute atomic E-state index is 0.0187. The van der Waals surface area contributed by atoms with E-state index in [9.17, 15) is 13.6 Å². The highest BCUT2D eigenvalue weighted by atomic mass is 79.9. The zero-order valence-electron chi connectivity index (χ0n) is 8.60. The number of benzene rings is 1. The summed E-state index contributed by atoms with van der Waals surface area (Å²) in [6.07, 6.45) is 1.96. The van der Waals surface area contributed by atoms with Crippen molar-refractivity contribution in [3.05, 3.63) is 29.8 Å². The van der Waals surface area contributed by atoms with Crippen molar-refractivity contribution in [2.75, 3.05) is 10.6 Å². The third-order valence-electron chi connectivity index (χ3n) is 1.99. The number of halogens is 3. The van der Waals surface area contributed by atoms with Gasteiger partial charge in [0.15, 0.2) is 0 Å². The summed E-state index contributed by atoms with van der Waals surface area (Å²) in [4.78, 5) is 11.3. The largest absolute Gasteiger partial charge is 0.324 e. The summed E-state index contributed by atoms with van der Waals surface area (Å²) in [6, 6.07) is 3.07. The molecule has 0 spiro atoms. The molecular weight excluding hydrogens is 280 g/mol. The molecule has 0 saturated carbocycles. The van der Waals surface area contributed by atoms with Gasteiger partial charge in [-0.05, 0) is 25.0 Å². The third-order valence-corrected chi connectivity index (χ3v) is 2.55. The van der Waals surface area contributed by atoms with Gasteiger partial charge in [-0.15, -0.1) is 0 Å². The third kappa shape index (κ3) is 4.26. The van der Waals surface area contributed by atoms with Crippen LogP contribution in [0.15, 0.2) is 18.2 Å².